The maximum Gasteiger partial charge on any atom is 0.115 e. The quantitative estimate of drug-likeness (QED) is 0.564. The molecule has 5 fully saturated rings. The Morgan fingerprint density at radius 3 is 2.74 bits per heavy atom. The molecule has 1 aromatic rings. The summed E-state index contributed by atoms with van der Waals surface area (Å²) in [6.45, 7) is 7.79. The number of allylic oxidation sites excluding steroid dienone is 1. The molecule has 2 unspecified atom stereocenters. The van der Waals surface area contributed by atoms with Crippen LogP contribution >= 0.6 is 0 Å². The van der Waals surface area contributed by atoms with Crippen LogP contribution in [0.2, 0.25) is 0 Å². The standard InChI is InChI=1S/C28H40N2O/c1-18(5-6-20-11-14-29-17-30-20)22-7-8-23-21-15-25(31-4)28-16-19(28)9-13-27(28,3)24(21)10-12-26(22,23)2/h5-6,11,14,17-19,21-25H,7-10,12-13,15-16H2,1-4H3/b6-5+/t18-,19-,21+,22-,23+,24+,25?,26-,27-,28?/m1/s1. The maximum absolute atomic E-state index is 6.28. The summed E-state index contributed by atoms with van der Waals surface area (Å²) in [5, 5.41) is 0. The fraction of sp³-hybridized carbons (Fsp3) is 0.786. The molecule has 0 radical (unpaired) electrons. The SMILES string of the molecule is COC1C[C@H]2[C@@H]3CC[C@H]([C@H](C)/C=C/c4ccncn4)[C@@]3(C)CC[C@@H]2[C@@]2(C)CC[C@@H]3CC132. The van der Waals surface area contributed by atoms with E-state index in [-0.39, 0.29) is 0 Å². The second kappa shape index (κ2) is 6.89. The molecule has 3 nitrogen and oxygen atoms in total. The van der Waals surface area contributed by atoms with E-state index < -0.39 is 0 Å². The molecule has 1 heterocycles. The lowest BCUT2D eigenvalue weighted by Crippen LogP contribution is -2.57. The van der Waals surface area contributed by atoms with Crippen LogP contribution in [-0.4, -0.2) is 23.2 Å². The van der Waals surface area contributed by atoms with Gasteiger partial charge in [0.1, 0.15) is 6.33 Å². The van der Waals surface area contributed by atoms with Gasteiger partial charge in [-0.2, -0.15) is 0 Å². The number of methoxy groups -OCH3 is 1. The van der Waals surface area contributed by atoms with E-state index >= 15 is 0 Å². The van der Waals surface area contributed by atoms with Crippen molar-refractivity contribution >= 4 is 6.08 Å². The van der Waals surface area contributed by atoms with Gasteiger partial charge in [0.15, 0.2) is 0 Å². The highest BCUT2D eigenvalue weighted by Gasteiger charge is 2.77. The fourth-order valence-corrected chi connectivity index (χ4v) is 10.3. The molecule has 0 bridgehead atoms. The highest BCUT2D eigenvalue weighted by atomic mass is 16.5. The van der Waals surface area contributed by atoms with Gasteiger partial charge in [-0.1, -0.05) is 26.8 Å². The first-order valence-corrected chi connectivity index (χ1v) is 12.9. The Bertz CT molecular complexity index is 869. The highest BCUT2D eigenvalue weighted by Crippen LogP contribution is 2.82. The molecule has 0 N–H and O–H groups in total. The lowest BCUT2D eigenvalue weighted by molar-refractivity contribution is -0.160. The first-order valence-electron chi connectivity index (χ1n) is 12.9. The van der Waals surface area contributed by atoms with Crippen molar-refractivity contribution in [3.05, 3.63) is 30.4 Å². The van der Waals surface area contributed by atoms with Crippen molar-refractivity contribution in [2.24, 2.45) is 51.8 Å². The van der Waals surface area contributed by atoms with Crippen molar-refractivity contribution in [3.63, 3.8) is 0 Å². The average molecular weight is 421 g/mol. The zero-order valence-electron chi connectivity index (χ0n) is 19.9. The summed E-state index contributed by atoms with van der Waals surface area (Å²) >= 11 is 0. The minimum Gasteiger partial charge on any atom is -0.381 e. The van der Waals surface area contributed by atoms with Gasteiger partial charge in [0.2, 0.25) is 0 Å². The van der Waals surface area contributed by atoms with Crippen LogP contribution in [0.4, 0.5) is 0 Å². The van der Waals surface area contributed by atoms with Crippen molar-refractivity contribution in [1.29, 1.82) is 0 Å². The second-order valence-corrected chi connectivity index (χ2v) is 12.3. The van der Waals surface area contributed by atoms with E-state index in [0.717, 1.165) is 35.3 Å². The van der Waals surface area contributed by atoms with E-state index in [4.69, 9.17) is 4.74 Å². The number of nitrogens with zero attached hydrogens (tertiary/aromatic N) is 2. The third-order valence-electron chi connectivity index (χ3n) is 11.7. The molecule has 1 spiro atoms. The Kier molecular flexibility index (Phi) is 4.53. The Hall–Kier alpha value is -1.22. The number of hydrogen-bond acceptors (Lipinski definition) is 3. The van der Waals surface area contributed by atoms with Gasteiger partial charge in [-0.25, -0.2) is 9.97 Å². The van der Waals surface area contributed by atoms with Gasteiger partial charge < -0.3 is 4.74 Å². The van der Waals surface area contributed by atoms with Gasteiger partial charge in [0.25, 0.3) is 0 Å². The predicted octanol–water partition coefficient (Wildman–Crippen LogP) is 6.41. The number of ether oxygens (including phenoxy) is 1. The summed E-state index contributed by atoms with van der Waals surface area (Å²) in [6.07, 6.45) is 20.1. The highest BCUT2D eigenvalue weighted by molar-refractivity contribution is 5.43. The average Bonchev–Trinajstić information content (AvgIpc) is 3.29. The number of aromatic nitrogens is 2. The zero-order chi connectivity index (χ0) is 21.4. The molecule has 10 atom stereocenters. The number of fused-ring (bicyclic) bond motifs is 4. The third kappa shape index (κ3) is 2.62. The first kappa shape index (κ1) is 20.4. The van der Waals surface area contributed by atoms with Crippen molar-refractivity contribution in [2.45, 2.75) is 78.2 Å². The molecule has 0 amide bonds. The summed E-state index contributed by atoms with van der Waals surface area (Å²) < 4.78 is 6.28. The van der Waals surface area contributed by atoms with E-state index in [1.54, 1.807) is 6.33 Å². The zero-order valence-corrected chi connectivity index (χ0v) is 19.9. The van der Waals surface area contributed by atoms with Crippen molar-refractivity contribution < 1.29 is 4.74 Å². The molecule has 3 heteroatoms. The van der Waals surface area contributed by atoms with Crippen LogP contribution in [0.25, 0.3) is 6.08 Å². The number of hydrogen-bond donors (Lipinski definition) is 0. The lowest BCUT2D eigenvalue weighted by Gasteiger charge is -2.61. The Balaban J connectivity index is 1.26. The summed E-state index contributed by atoms with van der Waals surface area (Å²) in [7, 11) is 2.01. The van der Waals surface area contributed by atoms with Crippen LogP contribution in [-0.2, 0) is 4.74 Å². The van der Waals surface area contributed by atoms with E-state index in [0.29, 0.717) is 28.3 Å². The molecule has 5 saturated carbocycles. The van der Waals surface area contributed by atoms with Gasteiger partial charge in [-0.3, -0.25) is 0 Å². The fourth-order valence-electron chi connectivity index (χ4n) is 10.3. The normalized spacial score (nSPS) is 51.1. The molecule has 0 aromatic carbocycles. The van der Waals surface area contributed by atoms with E-state index in [2.05, 4.69) is 42.9 Å². The second-order valence-electron chi connectivity index (χ2n) is 12.3. The molecular formula is C28H40N2O. The topological polar surface area (TPSA) is 35.0 Å². The van der Waals surface area contributed by atoms with Crippen molar-refractivity contribution in [1.82, 2.24) is 9.97 Å². The Morgan fingerprint density at radius 2 is 2.00 bits per heavy atom. The maximum atomic E-state index is 6.28. The Labute approximate surface area is 188 Å². The van der Waals surface area contributed by atoms with Gasteiger partial charge in [0.05, 0.1) is 11.8 Å². The van der Waals surface area contributed by atoms with Gasteiger partial charge >= 0.3 is 0 Å². The summed E-state index contributed by atoms with van der Waals surface area (Å²) in [5.41, 5.74) is 2.59. The summed E-state index contributed by atoms with van der Waals surface area (Å²) in [6, 6.07) is 2.00. The van der Waals surface area contributed by atoms with Crippen molar-refractivity contribution in [2.75, 3.05) is 7.11 Å². The Morgan fingerprint density at radius 1 is 1.13 bits per heavy atom. The molecule has 6 rings (SSSR count). The van der Waals surface area contributed by atoms with Crippen LogP contribution in [0.1, 0.15) is 77.8 Å². The molecule has 0 aliphatic heterocycles. The molecule has 1 aromatic heterocycles. The smallest absolute Gasteiger partial charge is 0.115 e. The van der Waals surface area contributed by atoms with E-state index in [1.807, 2.05) is 19.4 Å². The molecule has 31 heavy (non-hydrogen) atoms. The van der Waals surface area contributed by atoms with Crippen LogP contribution in [0.15, 0.2) is 24.7 Å². The largest absolute Gasteiger partial charge is 0.381 e. The van der Waals surface area contributed by atoms with Gasteiger partial charge in [-0.15, -0.1) is 0 Å². The molecule has 5 aliphatic carbocycles. The molecular weight excluding hydrogens is 380 g/mol. The number of rotatable bonds is 4. The minimum absolute atomic E-state index is 0.483. The first-order chi connectivity index (χ1) is 14.9. The van der Waals surface area contributed by atoms with Crippen molar-refractivity contribution in [3.8, 4) is 0 Å². The molecule has 5 aliphatic rings. The van der Waals surface area contributed by atoms with Crippen LogP contribution in [0, 0.1) is 51.8 Å². The van der Waals surface area contributed by atoms with E-state index in [9.17, 15) is 0 Å². The minimum atomic E-state index is 0.483. The van der Waals surface area contributed by atoms with Crippen LogP contribution in [0.5, 0.6) is 0 Å². The van der Waals surface area contributed by atoms with Crippen LogP contribution < -0.4 is 0 Å². The summed E-state index contributed by atoms with van der Waals surface area (Å²) in [5.74, 6) is 5.07. The predicted molar refractivity (Wildman–Crippen MR) is 124 cm³/mol. The molecule has 168 valence electrons. The van der Waals surface area contributed by atoms with Gasteiger partial charge in [-0.05, 0) is 110 Å². The van der Waals surface area contributed by atoms with E-state index in [1.165, 1.54) is 51.4 Å². The third-order valence-corrected chi connectivity index (χ3v) is 11.7. The molecule has 0 saturated heterocycles. The van der Waals surface area contributed by atoms with Crippen LogP contribution in [0.3, 0.4) is 0 Å². The van der Waals surface area contributed by atoms with Gasteiger partial charge in [0, 0.05) is 18.7 Å². The summed E-state index contributed by atoms with van der Waals surface area (Å²) in [4.78, 5) is 8.43. The lowest BCUT2D eigenvalue weighted by atomic mass is 9.45. The monoisotopic (exact) mass is 420 g/mol.